The number of pyridine rings is 1. The second-order valence-corrected chi connectivity index (χ2v) is 9.37. The largest absolute Gasteiger partial charge is 0.423 e. The van der Waals surface area contributed by atoms with Crippen LogP contribution in [0.4, 0.5) is 0 Å². The Bertz CT molecular complexity index is 1410. The first kappa shape index (κ1) is 20.1. The number of hydrogen-bond donors (Lipinski definition) is 0. The van der Waals surface area contributed by atoms with Gasteiger partial charge in [-0.3, -0.25) is 4.79 Å². The van der Waals surface area contributed by atoms with E-state index in [4.69, 9.17) is 4.74 Å². The van der Waals surface area contributed by atoms with Crippen LogP contribution >= 0.6 is 0 Å². The van der Waals surface area contributed by atoms with Crippen LogP contribution in [-0.2, 0) is 15.6 Å². The third kappa shape index (κ3) is 2.23. The minimum absolute atomic E-state index is 0.00642. The van der Waals surface area contributed by atoms with Crippen molar-refractivity contribution in [1.29, 1.82) is 10.5 Å². The van der Waals surface area contributed by atoms with Crippen LogP contribution in [0.25, 0.3) is 10.9 Å². The van der Waals surface area contributed by atoms with Gasteiger partial charge in [0.1, 0.15) is 23.1 Å². The lowest BCUT2D eigenvalue weighted by Crippen LogP contribution is -2.48. The zero-order valence-corrected chi connectivity index (χ0v) is 18.4. The Morgan fingerprint density at radius 2 is 1.66 bits per heavy atom. The predicted molar refractivity (Wildman–Crippen MR) is 116 cm³/mol. The van der Waals surface area contributed by atoms with Gasteiger partial charge in [-0.05, 0) is 37.3 Å². The summed E-state index contributed by atoms with van der Waals surface area (Å²) in [7, 11) is 0. The summed E-state index contributed by atoms with van der Waals surface area (Å²) in [5.41, 5.74) is 0.339. The van der Waals surface area contributed by atoms with Crippen molar-refractivity contribution in [3.63, 3.8) is 0 Å². The zero-order chi connectivity index (χ0) is 22.9. The Hall–Kier alpha value is -3.84. The van der Waals surface area contributed by atoms with Gasteiger partial charge in [0.15, 0.2) is 17.1 Å². The van der Waals surface area contributed by atoms with Crippen molar-refractivity contribution < 1.29 is 9.53 Å². The lowest BCUT2D eigenvalue weighted by Gasteiger charge is -2.38. The summed E-state index contributed by atoms with van der Waals surface area (Å²) in [6.45, 7) is 7.99. The molecule has 2 bridgehead atoms. The highest BCUT2D eigenvalue weighted by Gasteiger charge is 2.74. The fraction of sp³-hybridized carbons (Fsp3) is 0.360. The summed E-state index contributed by atoms with van der Waals surface area (Å²) in [6, 6.07) is 13.3. The number of aryl methyl sites for hydroxylation is 1. The number of rotatable bonds is 2. The van der Waals surface area contributed by atoms with E-state index in [1.807, 2.05) is 57.2 Å². The molecule has 2 aliphatic carbocycles. The number of ether oxygens (including phenoxy) is 1. The molecule has 1 fully saturated rings. The van der Waals surface area contributed by atoms with E-state index in [-0.39, 0.29) is 11.4 Å². The van der Waals surface area contributed by atoms with Crippen molar-refractivity contribution in [3.05, 3.63) is 58.8 Å². The molecule has 1 aromatic carbocycles. The summed E-state index contributed by atoms with van der Waals surface area (Å²) >= 11 is 0. The SMILES string of the molecule is Cc1ccc2cccc(OC(=O)C34CCC(C)(c5nc(C#N)c(C#N)nc53)C4(C)C)c2n1. The average molecular weight is 423 g/mol. The lowest BCUT2D eigenvalue weighted by atomic mass is 9.64. The summed E-state index contributed by atoms with van der Waals surface area (Å²) < 4.78 is 6.04. The first-order chi connectivity index (χ1) is 15.2. The first-order valence-corrected chi connectivity index (χ1v) is 10.5. The lowest BCUT2D eigenvalue weighted by molar-refractivity contribution is -0.145. The van der Waals surface area contributed by atoms with Crippen molar-refractivity contribution in [2.24, 2.45) is 5.41 Å². The van der Waals surface area contributed by atoms with Gasteiger partial charge in [0.25, 0.3) is 0 Å². The highest BCUT2D eigenvalue weighted by atomic mass is 16.5. The fourth-order valence-electron chi connectivity index (χ4n) is 5.58. The smallest absolute Gasteiger partial charge is 0.324 e. The molecule has 2 atom stereocenters. The molecule has 7 heteroatoms. The van der Waals surface area contributed by atoms with Gasteiger partial charge in [-0.15, -0.1) is 0 Å². The van der Waals surface area contributed by atoms with Crippen molar-refractivity contribution >= 4 is 16.9 Å². The topological polar surface area (TPSA) is 113 Å². The van der Waals surface area contributed by atoms with Crippen LogP contribution in [0.15, 0.2) is 30.3 Å². The molecular formula is C25H21N5O2. The number of para-hydroxylation sites is 1. The van der Waals surface area contributed by atoms with Crippen molar-refractivity contribution in [2.45, 2.75) is 51.4 Å². The van der Waals surface area contributed by atoms with E-state index in [0.717, 1.165) is 11.1 Å². The minimum atomic E-state index is -1.07. The molecule has 32 heavy (non-hydrogen) atoms. The van der Waals surface area contributed by atoms with E-state index >= 15 is 0 Å². The Kier molecular flexibility index (Phi) is 3.98. The number of benzene rings is 1. The van der Waals surface area contributed by atoms with E-state index < -0.39 is 22.2 Å². The molecular weight excluding hydrogens is 402 g/mol. The van der Waals surface area contributed by atoms with Crippen LogP contribution < -0.4 is 4.74 Å². The highest BCUT2D eigenvalue weighted by molar-refractivity contribution is 5.93. The van der Waals surface area contributed by atoms with Crippen molar-refractivity contribution in [1.82, 2.24) is 15.0 Å². The number of carbonyl (C=O) groups excluding carboxylic acids is 1. The van der Waals surface area contributed by atoms with Crippen LogP contribution in [-0.4, -0.2) is 20.9 Å². The minimum Gasteiger partial charge on any atom is -0.423 e. The Labute approximate surface area is 185 Å². The van der Waals surface area contributed by atoms with Gasteiger partial charge in [0.05, 0.1) is 11.4 Å². The second-order valence-electron chi connectivity index (χ2n) is 9.37. The fourth-order valence-corrected chi connectivity index (χ4v) is 5.58. The maximum absolute atomic E-state index is 13.9. The highest BCUT2D eigenvalue weighted by Crippen LogP contribution is 2.70. The number of carbonyl (C=O) groups is 1. The molecule has 0 spiro atoms. The quantitative estimate of drug-likeness (QED) is 0.452. The Morgan fingerprint density at radius 3 is 2.34 bits per heavy atom. The molecule has 0 saturated heterocycles. The number of aromatic nitrogens is 3. The molecule has 0 aliphatic heterocycles. The number of fused-ring (bicyclic) bond motifs is 6. The number of esters is 1. The molecule has 0 amide bonds. The number of nitriles is 2. The van der Waals surface area contributed by atoms with Gasteiger partial charge in [0.2, 0.25) is 0 Å². The van der Waals surface area contributed by atoms with Gasteiger partial charge >= 0.3 is 5.97 Å². The third-order valence-electron chi connectivity index (χ3n) is 7.85. The van der Waals surface area contributed by atoms with Crippen LogP contribution in [0.2, 0.25) is 0 Å². The van der Waals surface area contributed by atoms with Crippen LogP contribution in [0.3, 0.4) is 0 Å². The van der Waals surface area contributed by atoms with E-state index in [2.05, 4.69) is 21.9 Å². The van der Waals surface area contributed by atoms with E-state index in [9.17, 15) is 15.3 Å². The standard InChI is InChI=1S/C25H21N5O2/c1-14-8-9-15-6-5-7-18(19(15)28-14)32-22(31)25-11-10-24(4,23(25,2)3)20-21(25)30-17(13-27)16(12-26)29-20/h5-9H,10-11H2,1-4H3. The van der Waals surface area contributed by atoms with Gasteiger partial charge in [-0.25, -0.2) is 15.0 Å². The zero-order valence-electron chi connectivity index (χ0n) is 18.4. The molecule has 2 unspecified atom stereocenters. The number of nitrogens with zero attached hydrogens (tertiary/aromatic N) is 5. The molecule has 2 aromatic heterocycles. The van der Waals surface area contributed by atoms with Gasteiger partial charge in [-0.2, -0.15) is 10.5 Å². The van der Waals surface area contributed by atoms with Crippen LogP contribution in [0.1, 0.15) is 62.1 Å². The van der Waals surface area contributed by atoms with E-state index in [0.29, 0.717) is 35.5 Å². The summed E-state index contributed by atoms with van der Waals surface area (Å²) in [6.07, 6.45) is 1.24. The maximum Gasteiger partial charge on any atom is 0.324 e. The summed E-state index contributed by atoms with van der Waals surface area (Å²) in [5, 5.41) is 19.9. The molecule has 158 valence electrons. The molecule has 0 radical (unpaired) electrons. The predicted octanol–water partition coefficient (Wildman–Crippen LogP) is 4.01. The second kappa shape index (κ2) is 6.34. The van der Waals surface area contributed by atoms with Crippen molar-refractivity contribution in [2.75, 3.05) is 0 Å². The summed E-state index contributed by atoms with van der Waals surface area (Å²) in [5.74, 6) is -0.0331. The number of hydrogen-bond acceptors (Lipinski definition) is 7. The molecule has 2 aliphatic rings. The Morgan fingerprint density at radius 1 is 0.969 bits per heavy atom. The molecule has 0 N–H and O–H groups in total. The van der Waals surface area contributed by atoms with E-state index in [1.54, 1.807) is 6.07 Å². The third-order valence-corrected chi connectivity index (χ3v) is 7.85. The van der Waals surface area contributed by atoms with Gasteiger partial charge in [0, 0.05) is 16.5 Å². The molecule has 1 saturated carbocycles. The average Bonchev–Trinajstić information content (AvgIpc) is 3.08. The molecule has 2 heterocycles. The summed E-state index contributed by atoms with van der Waals surface area (Å²) in [4.78, 5) is 27.5. The first-order valence-electron chi connectivity index (χ1n) is 10.5. The van der Waals surface area contributed by atoms with Crippen LogP contribution in [0.5, 0.6) is 5.75 Å². The molecule has 3 aromatic rings. The maximum atomic E-state index is 13.9. The van der Waals surface area contributed by atoms with Gasteiger partial charge < -0.3 is 4.74 Å². The molecule has 7 nitrogen and oxygen atoms in total. The normalized spacial score (nSPS) is 24.6. The van der Waals surface area contributed by atoms with Crippen LogP contribution in [0, 0.1) is 35.0 Å². The monoisotopic (exact) mass is 423 g/mol. The Balaban J connectivity index is 1.69. The van der Waals surface area contributed by atoms with E-state index in [1.165, 1.54) is 0 Å². The van der Waals surface area contributed by atoms with Gasteiger partial charge in [-0.1, -0.05) is 39.0 Å². The molecule has 5 rings (SSSR count). The van der Waals surface area contributed by atoms with Crippen molar-refractivity contribution in [3.8, 4) is 17.9 Å².